The molecule has 0 bridgehead atoms. The monoisotopic (exact) mass is 267 g/mol. The van der Waals surface area contributed by atoms with Gasteiger partial charge >= 0.3 is 0 Å². The van der Waals surface area contributed by atoms with E-state index in [0.29, 0.717) is 6.61 Å². The summed E-state index contributed by atoms with van der Waals surface area (Å²) in [5.74, 6) is 1.58. The van der Waals surface area contributed by atoms with E-state index in [1.165, 1.54) is 5.56 Å². The number of benzene rings is 2. The maximum absolute atomic E-state index is 6.13. The zero-order valence-electron chi connectivity index (χ0n) is 11.4. The van der Waals surface area contributed by atoms with E-state index in [1.807, 2.05) is 61.5 Å². The number of aryl methyl sites for hydroxylation is 1. The second kappa shape index (κ2) is 5.39. The zero-order valence-corrected chi connectivity index (χ0v) is 11.4. The molecule has 20 heavy (non-hydrogen) atoms. The smallest absolute Gasteiger partial charge is 0.134 e. The predicted molar refractivity (Wildman–Crippen MR) is 79.8 cm³/mol. The standard InChI is InChI=1S/C17H17NO2/c1-12-5-4-7-14(9-12)19-11-15(18)17-10-13-6-2-3-8-16(13)20-17/h2-10,15H,11,18H2,1H3. The molecule has 2 N–H and O–H groups in total. The highest BCUT2D eigenvalue weighted by Gasteiger charge is 2.12. The molecule has 0 spiro atoms. The number of hydrogen-bond donors (Lipinski definition) is 1. The summed E-state index contributed by atoms with van der Waals surface area (Å²) < 4.78 is 11.5. The summed E-state index contributed by atoms with van der Waals surface area (Å²) >= 11 is 0. The van der Waals surface area contributed by atoms with Crippen LogP contribution in [0.2, 0.25) is 0 Å². The number of ether oxygens (including phenoxy) is 1. The van der Waals surface area contributed by atoms with Crippen LogP contribution in [0.15, 0.2) is 59.0 Å². The predicted octanol–water partition coefficient (Wildman–Crippen LogP) is 3.82. The molecule has 102 valence electrons. The molecule has 3 nitrogen and oxygen atoms in total. The first kappa shape index (κ1) is 12.8. The Hall–Kier alpha value is -2.26. The third-order valence-corrected chi connectivity index (χ3v) is 3.23. The Labute approximate surface area is 118 Å². The van der Waals surface area contributed by atoms with E-state index in [2.05, 4.69) is 0 Å². The van der Waals surface area contributed by atoms with Crippen molar-refractivity contribution in [2.24, 2.45) is 5.73 Å². The molecule has 0 aliphatic rings. The highest BCUT2D eigenvalue weighted by atomic mass is 16.5. The Morgan fingerprint density at radius 3 is 2.75 bits per heavy atom. The highest BCUT2D eigenvalue weighted by molar-refractivity contribution is 5.77. The van der Waals surface area contributed by atoms with Crippen LogP contribution in [-0.2, 0) is 0 Å². The highest BCUT2D eigenvalue weighted by Crippen LogP contribution is 2.23. The van der Waals surface area contributed by atoms with Gasteiger partial charge in [0.1, 0.15) is 23.7 Å². The van der Waals surface area contributed by atoms with Crippen molar-refractivity contribution < 1.29 is 9.15 Å². The first-order valence-corrected chi connectivity index (χ1v) is 6.66. The van der Waals surface area contributed by atoms with E-state index in [0.717, 1.165) is 22.5 Å². The number of fused-ring (bicyclic) bond motifs is 1. The van der Waals surface area contributed by atoms with Crippen LogP contribution in [0, 0.1) is 6.92 Å². The lowest BCUT2D eigenvalue weighted by Gasteiger charge is -2.11. The quantitative estimate of drug-likeness (QED) is 0.781. The Bertz CT molecular complexity index is 685. The lowest BCUT2D eigenvalue weighted by atomic mass is 10.2. The van der Waals surface area contributed by atoms with Gasteiger partial charge in [-0.1, -0.05) is 30.3 Å². The van der Waals surface area contributed by atoms with Crippen molar-refractivity contribution in [3.63, 3.8) is 0 Å². The minimum atomic E-state index is -0.275. The molecule has 0 radical (unpaired) electrons. The molecule has 3 heteroatoms. The van der Waals surface area contributed by atoms with E-state index in [1.54, 1.807) is 0 Å². The molecule has 0 saturated heterocycles. The Balaban J connectivity index is 1.71. The van der Waals surface area contributed by atoms with E-state index < -0.39 is 0 Å². The van der Waals surface area contributed by atoms with Crippen LogP contribution < -0.4 is 10.5 Å². The van der Waals surface area contributed by atoms with Crippen LogP contribution in [0.25, 0.3) is 11.0 Å². The fourth-order valence-electron chi connectivity index (χ4n) is 2.16. The van der Waals surface area contributed by atoms with Gasteiger partial charge in [-0.25, -0.2) is 0 Å². The van der Waals surface area contributed by atoms with Crippen LogP contribution in [0.3, 0.4) is 0 Å². The first-order chi connectivity index (χ1) is 9.72. The van der Waals surface area contributed by atoms with Crippen LogP contribution in [0.4, 0.5) is 0 Å². The van der Waals surface area contributed by atoms with Crippen molar-refractivity contribution in [1.82, 2.24) is 0 Å². The molecule has 1 heterocycles. The molecule has 1 atom stereocenters. The first-order valence-electron chi connectivity index (χ1n) is 6.66. The molecular formula is C17H17NO2. The van der Waals surface area contributed by atoms with Crippen molar-refractivity contribution in [3.8, 4) is 5.75 Å². The molecule has 3 rings (SSSR count). The van der Waals surface area contributed by atoms with Gasteiger partial charge in [0, 0.05) is 5.39 Å². The Morgan fingerprint density at radius 1 is 1.10 bits per heavy atom. The largest absolute Gasteiger partial charge is 0.491 e. The SMILES string of the molecule is Cc1cccc(OCC(N)c2cc3ccccc3o2)c1. The second-order valence-electron chi connectivity index (χ2n) is 4.92. The Kier molecular flexibility index (Phi) is 3.44. The third kappa shape index (κ3) is 2.68. The van der Waals surface area contributed by atoms with E-state index in [4.69, 9.17) is 14.9 Å². The number of furan rings is 1. The lowest BCUT2D eigenvalue weighted by molar-refractivity contribution is 0.275. The van der Waals surface area contributed by atoms with Crippen LogP contribution >= 0.6 is 0 Å². The molecule has 1 unspecified atom stereocenters. The molecule has 1 aromatic heterocycles. The minimum absolute atomic E-state index is 0.275. The molecule has 0 fully saturated rings. The van der Waals surface area contributed by atoms with Crippen molar-refractivity contribution in [2.75, 3.05) is 6.61 Å². The number of hydrogen-bond acceptors (Lipinski definition) is 3. The fraction of sp³-hybridized carbons (Fsp3) is 0.176. The number of nitrogens with two attached hydrogens (primary N) is 1. The maximum atomic E-state index is 6.13. The molecule has 0 amide bonds. The van der Waals surface area contributed by atoms with Gasteiger partial charge in [-0.2, -0.15) is 0 Å². The van der Waals surface area contributed by atoms with E-state index in [-0.39, 0.29) is 6.04 Å². The Morgan fingerprint density at radius 2 is 1.95 bits per heavy atom. The lowest BCUT2D eigenvalue weighted by Crippen LogP contribution is -2.18. The second-order valence-corrected chi connectivity index (χ2v) is 4.92. The summed E-state index contributed by atoms with van der Waals surface area (Å²) in [6.07, 6.45) is 0. The van der Waals surface area contributed by atoms with Gasteiger partial charge in [-0.05, 0) is 36.8 Å². The van der Waals surface area contributed by atoms with Crippen molar-refractivity contribution in [3.05, 3.63) is 65.9 Å². The van der Waals surface area contributed by atoms with E-state index >= 15 is 0 Å². The minimum Gasteiger partial charge on any atom is -0.491 e. The van der Waals surface area contributed by atoms with Crippen LogP contribution in [0.1, 0.15) is 17.4 Å². The summed E-state index contributed by atoms with van der Waals surface area (Å²) in [7, 11) is 0. The maximum Gasteiger partial charge on any atom is 0.134 e. The average Bonchev–Trinajstić information content (AvgIpc) is 2.89. The summed E-state index contributed by atoms with van der Waals surface area (Å²) in [5.41, 5.74) is 8.15. The van der Waals surface area contributed by atoms with Gasteiger partial charge in [0.2, 0.25) is 0 Å². The van der Waals surface area contributed by atoms with Gasteiger partial charge in [-0.15, -0.1) is 0 Å². The van der Waals surface area contributed by atoms with Gasteiger partial charge in [0.05, 0.1) is 6.04 Å². The number of rotatable bonds is 4. The van der Waals surface area contributed by atoms with E-state index in [9.17, 15) is 0 Å². The molecule has 0 saturated carbocycles. The van der Waals surface area contributed by atoms with Gasteiger partial charge in [-0.3, -0.25) is 0 Å². The molecule has 0 aliphatic heterocycles. The summed E-state index contributed by atoms with van der Waals surface area (Å²) in [6.45, 7) is 2.43. The summed E-state index contributed by atoms with van der Waals surface area (Å²) in [4.78, 5) is 0. The topological polar surface area (TPSA) is 48.4 Å². The van der Waals surface area contributed by atoms with Gasteiger partial charge < -0.3 is 14.9 Å². The molecule has 3 aromatic rings. The zero-order chi connectivity index (χ0) is 13.9. The van der Waals surface area contributed by atoms with Gasteiger partial charge in [0.25, 0.3) is 0 Å². The van der Waals surface area contributed by atoms with Gasteiger partial charge in [0.15, 0.2) is 0 Å². The van der Waals surface area contributed by atoms with Crippen molar-refractivity contribution >= 4 is 11.0 Å². The third-order valence-electron chi connectivity index (χ3n) is 3.23. The summed E-state index contributed by atoms with van der Waals surface area (Å²) in [6, 6.07) is 17.5. The summed E-state index contributed by atoms with van der Waals surface area (Å²) in [5, 5.41) is 1.06. The number of para-hydroxylation sites is 1. The normalized spacial score (nSPS) is 12.5. The molecule has 0 aliphatic carbocycles. The fourth-order valence-corrected chi connectivity index (χ4v) is 2.16. The molecular weight excluding hydrogens is 250 g/mol. The average molecular weight is 267 g/mol. The van der Waals surface area contributed by atoms with Crippen molar-refractivity contribution in [1.29, 1.82) is 0 Å². The van der Waals surface area contributed by atoms with Crippen LogP contribution in [0.5, 0.6) is 5.75 Å². The van der Waals surface area contributed by atoms with Crippen molar-refractivity contribution in [2.45, 2.75) is 13.0 Å². The molecule has 2 aromatic carbocycles. The van der Waals surface area contributed by atoms with Crippen LogP contribution in [-0.4, -0.2) is 6.61 Å².